The number of H-pyrrole nitrogens is 1. The topological polar surface area (TPSA) is 104 Å². The predicted octanol–water partition coefficient (Wildman–Crippen LogP) is 0.209. The van der Waals surface area contributed by atoms with Crippen molar-refractivity contribution in [1.29, 1.82) is 0 Å². The summed E-state index contributed by atoms with van der Waals surface area (Å²) in [4.78, 5) is 9.46. The van der Waals surface area contributed by atoms with Gasteiger partial charge in [-0.2, -0.15) is 5.21 Å². The van der Waals surface area contributed by atoms with Crippen molar-refractivity contribution < 1.29 is 0 Å². The lowest BCUT2D eigenvalue weighted by Gasteiger charge is -2.33. The largest absolute Gasteiger partial charge is 0.351 e. The van der Waals surface area contributed by atoms with E-state index in [9.17, 15) is 0 Å². The molecular formula is C15H16N10. The van der Waals surface area contributed by atoms with E-state index in [1.54, 1.807) is 6.33 Å². The SMILES string of the molecule is CN1CCN(c2nc3ccc(-c4nn[nH]n4)cc3n3cnnc23)CC1. The molecule has 0 saturated carbocycles. The van der Waals surface area contributed by atoms with E-state index in [2.05, 4.69) is 47.7 Å². The fraction of sp³-hybridized carbons (Fsp3) is 0.333. The van der Waals surface area contributed by atoms with E-state index >= 15 is 0 Å². The maximum Gasteiger partial charge on any atom is 0.204 e. The minimum atomic E-state index is 0.547. The second-order valence-electron chi connectivity index (χ2n) is 6.19. The Bertz CT molecular complexity index is 1030. The van der Waals surface area contributed by atoms with E-state index in [4.69, 9.17) is 4.98 Å². The van der Waals surface area contributed by atoms with Crippen LogP contribution in [0.25, 0.3) is 28.1 Å². The van der Waals surface area contributed by atoms with Crippen LogP contribution in [-0.2, 0) is 0 Å². The Kier molecular flexibility index (Phi) is 3.10. The normalized spacial score (nSPS) is 16.1. The van der Waals surface area contributed by atoms with Crippen LogP contribution in [-0.4, -0.2) is 78.3 Å². The first-order valence-electron chi connectivity index (χ1n) is 8.10. The number of anilines is 1. The van der Waals surface area contributed by atoms with E-state index in [0.717, 1.165) is 54.2 Å². The monoisotopic (exact) mass is 336 g/mol. The fourth-order valence-electron chi connectivity index (χ4n) is 3.19. The molecule has 0 bridgehead atoms. The van der Waals surface area contributed by atoms with Gasteiger partial charge in [-0.3, -0.25) is 4.40 Å². The Morgan fingerprint density at radius 2 is 1.96 bits per heavy atom. The van der Waals surface area contributed by atoms with Gasteiger partial charge in [0.25, 0.3) is 0 Å². The molecule has 25 heavy (non-hydrogen) atoms. The molecule has 0 aliphatic carbocycles. The highest BCUT2D eigenvalue weighted by molar-refractivity contribution is 5.86. The first-order chi connectivity index (χ1) is 12.3. The predicted molar refractivity (Wildman–Crippen MR) is 91.2 cm³/mol. The third-order valence-corrected chi connectivity index (χ3v) is 4.62. The lowest BCUT2D eigenvalue weighted by atomic mass is 10.2. The van der Waals surface area contributed by atoms with Gasteiger partial charge in [0.2, 0.25) is 11.5 Å². The molecule has 1 saturated heterocycles. The van der Waals surface area contributed by atoms with E-state index in [1.165, 1.54) is 0 Å². The molecule has 0 atom stereocenters. The van der Waals surface area contributed by atoms with Crippen molar-refractivity contribution in [2.45, 2.75) is 0 Å². The van der Waals surface area contributed by atoms with Gasteiger partial charge in [-0.1, -0.05) is 0 Å². The summed E-state index contributed by atoms with van der Waals surface area (Å²) in [5.74, 6) is 1.43. The van der Waals surface area contributed by atoms with Crippen LogP contribution in [0.2, 0.25) is 0 Å². The number of fused-ring (bicyclic) bond motifs is 3. The number of aromatic amines is 1. The lowest BCUT2D eigenvalue weighted by molar-refractivity contribution is 0.312. The summed E-state index contributed by atoms with van der Waals surface area (Å²) in [7, 11) is 2.14. The second-order valence-corrected chi connectivity index (χ2v) is 6.19. The minimum Gasteiger partial charge on any atom is -0.351 e. The second kappa shape index (κ2) is 5.45. The average Bonchev–Trinajstić information content (AvgIpc) is 3.33. The third-order valence-electron chi connectivity index (χ3n) is 4.62. The molecule has 126 valence electrons. The van der Waals surface area contributed by atoms with Gasteiger partial charge in [0.05, 0.1) is 11.0 Å². The number of benzene rings is 1. The van der Waals surface area contributed by atoms with Crippen LogP contribution in [0.3, 0.4) is 0 Å². The molecule has 10 nitrogen and oxygen atoms in total. The number of rotatable bonds is 2. The fourth-order valence-corrected chi connectivity index (χ4v) is 3.19. The summed E-state index contributed by atoms with van der Waals surface area (Å²) in [6.45, 7) is 3.88. The number of hydrogen-bond donors (Lipinski definition) is 1. The van der Waals surface area contributed by atoms with E-state index < -0.39 is 0 Å². The number of nitrogens with zero attached hydrogens (tertiary/aromatic N) is 9. The van der Waals surface area contributed by atoms with Crippen LogP contribution < -0.4 is 4.90 Å². The average molecular weight is 336 g/mol. The molecule has 0 unspecified atom stereocenters. The van der Waals surface area contributed by atoms with Gasteiger partial charge in [0.1, 0.15) is 6.33 Å². The third kappa shape index (κ3) is 2.30. The number of nitrogens with one attached hydrogen (secondary N) is 1. The molecule has 1 N–H and O–H groups in total. The van der Waals surface area contributed by atoms with Crippen molar-refractivity contribution in [3.05, 3.63) is 24.5 Å². The van der Waals surface area contributed by atoms with Gasteiger partial charge in [-0.15, -0.1) is 20.4 Å². The zero-order valence-corrected chi connectivity index (χ0v) is 13.7. The van der Waals surface area contributed by atoms with Crippen LogP contribution >= 0.6 is 0 Å². The van der Waals surface area contributed by atoms with Crippen molar-refractivity contribution in [3.63, 3.8) is 0 Å². The summed E-state index contributed by atoms with van der Waals surface area (Å²) in [5, 5.41) is 22.6. The van der Waals surface area contributed by atoms with Crippen molar-refractivity contribution in [2.24, 2.45) is 0 Å². The Morgan fingerprint density at radius 1 is 1.08 bits per heavy atom. The lowest BCUT2D eigenvalue weighted by Crippen LogP contribution is -2.45. The summed E-state index contributed by atoms with van der Waals surface area (Å²) in [6, 6.07) is 5.90. The minimum absolute atomic E-state index is 0.547. The molecule has 0 spiro atoms. The molecular weight excluding hydrogens is 320 g/mol. The van der Waals surface area contributed by atoms with Crippen LogP contribution in [0.4, 0.5) is 5.82 Å². The van der Waals surface area contributed by atoms with Crippen molar-refractivity contribution in [3.8, 4) is 11.4 Å². The quantitative estimate of drug-likeness (QED) is 0.554. The zero-order valence-electron chi connectivity index (χ0n) is 13.7. The Morgan fingerprint density at radius 3 is 2.76 bits per heavy atom. The van der Waals surface area contributed by atoms with Gasteiger partial charge in [0.15, 0.2) is 5.82 Å². The number of tetrazole rings is 1. The van der Waals surface area contributed by atoms with Gasteiger partial charge in [-0.05, 0) is 30.5 Å². The van der Waals surface area contributed by atoms with Gasteiger partial charge < -0.3 is 9.80 Å². The highest BCUT2D eigenvalue weighted by atomic mass is 15.5. The van der Waals surface area contributed by atoms with Gasteiger partial charge in [-0.25, -0.2) is 4.98 Å². The van der Waals surface area contributed by atoms with E-state index in [0.29, 0.717) is 5.82 Å². The number of piperazine rings is 1. The van der Waals surface area contributed by atoms with Crippen LogP contribution in [0.1, 0.15) is 0 Å². The smallest absolute Gasteiger partial charge is 0.204 e. The molecule has 4 aromatic rings. The van der Waals surface area contributed by atoms with Gasteiger partial charge >= 0.3 is 0 Å². The van der Waals surface area contributed by atoms with Gasteiger partial charge in [0, 0.05) is 31.7 Å². The standard InChI is InChI=1S/C15H16N10/c1-23-4-6-24(7-5-23)14-15-20-16-9-25(15)12-8-10(2-3-11(12)17-14)13-18-21-22-19-13/h2-3,8-9H,4-7H2,1H3,(H,18,19,21,22). The van der Waals surface area contributed by atoms with Crippen LogP contribution in [0.5, 0.6) is 0 Å². The molecule has 1 aliphatic heterocycles. The Hall–Kier alpha value is -3.14. The molecule has 0 amide bonds. The maximum atomic E-state index is 4.87. The Balaban J connectivity index is 1.67. The number of hydrogen-bond acceptors (Lipinski definition) is 8. The van der Waals surface area contributed by atoms with E-state index in [1.807, 2.05) is 22.6 Å². The molecule has 5 rings (SSSR count). The summed E-state index contributed by atoms with van der Waals surface area (Å²) in [5.41, 5.74) is 3.43. The maximum absolute atomic E-state index is 4.87. The highest BCUT2D eigenvalue weighted by Gasteiger charge is 2.20. The van der Waals surface area contributed by atoms with Crippen LogP contribution in [0, 0.1) is 0 Å². The van der Waals surface area contributed by atoms with Crippen LogP contribution in [0.15, 0.2) is 24.5 Å². The number of likely N-dealkylation sites (N-methyl/N-ethyl adjacent to an activating group) is 1. The molecule has 0 radical (unpaired) electrons. The summed E-state index contributed by atoms with van der Waals surface area (Å²) in [6.07, 6.45) is 1.72. The zero-order chi connectivity index (χ0) is 16.8. The van der Waals surface area contributed by atoms with Crippen molar-refractivity contribution in [1.82, 2.24) is 45.1 Å². The number of aromatic nitrogens is 8. The Labute approximate surface area is 142 Å². The van der Waals surface area contributed by atoms with Crippen molar-refractivity contribution in [2.75, 3.05) is 38.1 Å². The molecule has 1 aromatic carbocycles. The first-order valence-corrected chi connectivity index (χ1v) is 8.10. The molecule has 1 aliphatic rings. The molecule has 4 heterocycles. The molecule has 3 aromatic heterocycles. The van der Waals surface area contributed by atoms with Crippen molar-refractivity contribution >= 4 is 22.5 Å². The first kappa shape index (κ1) is 14.2. The molecule has 1 fully saturated rings. The van der Waals surface area contributed by atoms with E-state index in [-0.39, 0.29) is 0 Å². The summed E-state index contributed by atoms with van der Waals surface area (Å²) >= 11 is 0. The molecule has 10 heteroatoms. The highest BCUT2D eigenvalue weighted by Crippen LogP contribution is 2.26. The summed E-state index contributed by atoms with van der Waals surface area (Å²) < 4.78 is 1.97.